The number of anilines is 3. The van der Waals surface area contributed by atoms with Crippen molar-refractivity contribution >= 4 is 60.9 Å². The summed E-state index contributed by atoms with van der Waals surface area (Å²) in [5.74, 6) is 0. The van der Waals surface area contributed by atoms with Gasteiger partial charge in [0.2, 0.25) is 0 Å². The van der Waals surface area contributed by atoms with Crippen LogP contribution in [0.5, 0.6) is 0 Å². The minimum atomic E-state index is 0.847. The first-order valence-corrected chi connectivity index (χ1v) is 19.3. The molecule has 0 amide bonds. The van der Waals surface area contributed by atoms with E-state index in [2.05, 4.69) is 205 Å². The Hall–Kier alpha value is -7.62. The summed E-state index contributed by atoms with van der Waals surface area (Å²) in [7, 11) is 0. The van der Waals surface area contributed by atoms with Crippen molar-refractivity contribution in [2.45, 2.75) is 0 Å². The van der Waals surface area contributed by atoms with Crippen LogP contribution in [0.2, 0.25) is 0 Å². The lowest BCUT2D eigenvalue weighted by molar-refractivity contribution is 0.669. The Bertz CT molecular complexity index is 3220. The summed E-state index contributed by atoms with van der Waals surface area (Å²) in [5.41, 5.74) is 15.5. The van der Waals surface area contributed by atoms with Crippen LogP contribution in [0.4, 0.5) is 17.1 Å². The summed E-state index contributed by atoms with van der Waals surface area (Å²) in [6.45, 7) is 0. The highest BCUT2D eigenvalue weighted by molar-refractivity contribution is 6.18. The Morgan fingerprint density at radius 3 is 1.56 bits per heavy atom. The summed E-state index contributed by atoms with van der Waals surface area (Å²) in [6.07, 6.45) is 0. The average molecular weight is 730 g/mol. The van der Waals surface area contributed by atoms with Crippen LogP contribution in [-0.2, 0) is 0 Å². The maximum atomic E-state index is 6.81. The Morgan fingerprint density at radius 1 is 0.298 bits per heavy atom. The molecule has 268 valence electrons. The van der Waals surface area contributed by atoms with E-state index in [1.54, 1.807) is 0 Å². The van der Waals surface area contributed by atoms with E-state index in [9.17, 15) is 0 Å². The molecule has 0 bridgehead atoms. The summed E-state index contributed by atoms with van der Waals surface area (Å²) < 4.78 is 13.4. The molecule has 11 aromatic rings. The standard InChI is InChI=1S/C54H35NO2/c1-5-15-36(16-6-1)40-26-30-48(46(33-40)39-21-11-4-12-22-39)55(42-27-32-51-47(35-42)44-28-25-41(34-52(44)56-51)37-17-7-2-8-18-37)49-31-29-43(38-19-9-3-10-20-38)54-53(49)45-23-13-14-24-50(45)57-54/h1-35H. The molecule has 0 fully saturated rings. The first-order chi connectivity index (χ1) is 28.3. The third-order valence-electron chi connectivity index (χ3n) is 11.1. The van der Waals surface area contributed by atoms with Crippen LogP contribution in [0, 0.1) is 0 Å². The summed E-state index contributed by atoms with van der Waals surface area (Å²) in [5, 5.41) is 4.26. The highest BCUT2D eigenvalue weighted by Gasteiger charge is 2.25. The van der Waals surface area contributed by atoms with E-state index in [0.717, 1.165) is 99.9 Å². The highest BCUT2D eigenvalue weighted by atomic mass is 16.3. The quantitative estimate of drug-likeness (QED) is 0.164. The summed E-state index contributed by atoms with van der Waals surface area (Å²) in [6, 6.07) is 75.1. The van der Waals surface area contributed by atoms with Gasteiger partial charge in [0, 0.05) is 33.0 Å². The number of furan rings is 2. The number of hydrogen-bond acceptors (Lipinski definition) is 3. The van der Waals surface area contributed by atoms with Crippen molar-refractivity contribution in [3.8, 4) is 44.5 Å². The normalized spacial score (nSPS) is 11.5. The molecule has 0 unspecified atom stereocenters. The lowest BCUT2D eigenvalue weighted by Gasteiger charge is -2.29. The Labute approximate surface area is 330 Å². The molecule has 2 heterocycles. The fraction of sp³-hybridized carbons (Fsp3) is 0. The van der Waals surface area contributed by atoms with E-state index in [0.29, 0.717) is 0 Å². The molecule has 0 aliphatic rings. The molecule has 0 atom stereocenters. The molecule has 11 rings (SSSR count). The molecule has 0 spiro atoms. The molecular weight excluding hydrogens is 695 g/mol. The van der Waals surface area contributed by atoms with Gasteiger partial charge in [0.05, 0.1) is 16.8 Å². The molecule has 57 heavy (non-hydrogen) atoms. The van der Waals surface area contributed by atoms with Crippen molar-refractivity contribution in [2.24, 2.45) is 0 Å². The van der Waals surface area contributed by atoms with Gasteiger partial charge in [-0.3, -0.25) is 0 Å². The van der Waals surface area contributed by atoms with Crippen molar-refractivity contribution in [3.05, 3.63) is 212 Å². The lowest BCUT2D eigenvalue weighted by atomic mass is 9.95. The number of rotatable bonds is 7. The van der Waals surface area contributed by atoms with Crippen LogP contribution >= 0.6 is 0 Å². The minimum Gasteiger partial charge on any atom is -0.456 e. The molecule has 0 radical (unpaired) electrons. The third kappa shape index (κ3) is 5.68. The smallest absolute Gasteiger partial charge is 0.145 e. The Balaban J connectivity index is 1.20. The second-order valence-electron chi connectivity index (χ2n) is 14.5. The molecule has 0 saturated heterocycles. The van der Waals surface area contributed by atoms with Gasteiger partial charge in [-0.05, 0) is 94.0 Å². The Morgan fingerprint density at radius 2 is 0.860 bits per heavy atom. The van der Waals surface area contributed by atoms with Crippen molar-refractivity contribution < 1.29 is 8.83 Å². The van der Waals surface area contributed by atoms with Gasteiger partial charge in [-0.2, -0.15) is 0 Å². The Kier molecular flexibility index (Phi) is 7.82. The lowest BCUT2D eigenvalue weighted by Crippen LogP contribution is -2.12. The molecule has 2 aromatic heterocycles. The number of nitrogens with zero attached hydrogens (tertiary/aromatic N) is 1. The summed E-state index contributed by atoms with van der Waals surface area (Å²) in [4.78, 5) is 2.41. The molecule has 0 aliphatic heterocycles. The second-order valence-corrected chi connectivity index (χ2v) is 14.5. The van der Waals surface area contributed by atoms with Crippen molar-refractivity contribution in [3.63, 3.8) is 0 Å². The van der Waals surface area contributed by atoms with Gasteiger partial charge < -0.3 is 13.7 Å². The van der Waals surface area contributed by atoms with E-state index in [1.165, 1.54) is 5.56 Å². The van der Waals surface area contributed by atoms with Crippen LogP contribution in [0.3, 0.4) is 0 Å². The molecule has 0 saturated carbocycles. The highest BCUT2D eigenvalue weighted by Crippen LogP contribution is 2.49. The topological polar surface area (TPSA) is 29.5 Å². The number of para-hydroxylation sites is 1. The maximum Gasteiger partial charge on any atom is 0.145 e. The zero-order valence-corrected chi connectivity index (χ0v) is 31.0. The van der Waals surface area contributed by atoms with E-state index >= 15 is 0 Å². The van der Waals surface area contributed by atoms with E-state index < -0.39 is 0 Å². The van der Waals surface area contributed by atoms with Gasteiger partial charge >= 0.3 is 0 Å². The van der Waals surface area contributed by atoms with Crippen molar-refractivity contribution in [2.75, 3.05) is 4.90 Å². The SMILES string of the molecule is c1ccc(-c2ccc(N(c3ccc4oc5cc(-c6ccccc6)ccc5c4c3)c3ccc(-c4ccccc4)c4oc5ccccc5c34)c(-c3ccccc3)c2)cc1. The van der Waals surface area contributed by atoms with Crippen molar-refractivity contribution in [1.29, 1.82) is 0 Å². The van der Waals surface area contributed by atoms with Crippen LogP contribution in [0.15, 0.2) is 221 Å². The first kappa shape index (κ1) is 32.8. The first-order valence-electron chi connectivity index (χ1n) is 19.3. The van der Waals surface area contributed by atoms with Crippen LogP contribution in [0.1, 0.15) is 0 Å². The van der Waals surface area contributed by atoms with Crippen LogP contribution in [-0.4, -0.2) is 0 Å². The minimum absolute atomic E-state index is 0.847. The number of benzene rings is 9. The average Bonchev–Trinajstić information content (AvgIpc) is 3.86. The monoisotopic (exact) mass is 729 g/mol. The van der Waals surface area contributed by atoms with Gasteiger partial charge in [-0.15, -0.1) is 0 Å². The zero-order chi connectivity index (χ0) is 37.7. The second kappa shape index (κ2) is 13.6. The van der Waals surface area contributed by atoms with E-state index in [1.807, 2.05) is 12.1 Å². The largest absolute Gasteiger partial charge is 0.456 e. The zero-order valence-electron chi connectivity index (χ0n) is 31.0. The number of fused-ring (bicyclic) bond motifs is 6. The predicted octanol–water partition coefficient (Wildman–Crippen LogP) is 15.6. The third-order valence-corrected chi connectivity index (χ3v) is 11.1. The molecule has 0 N–H and O–H groups in total. The maximum absolute atomic E-state index is 6.81. The van der Waals surface area contributed by atoms with Gasteiger partial charge in [0.15, 0.2) is 0 Å². The van der Waals surface area contributed by atoms with E-state index in [-0.39, 0.29) is 0 Å². The summed E-state index contributed by atoms with van der Waals surface area (Å²) >= 11 is 0. The van der Waals surface area contributed by atoms with Gasteiger partial charge in [0.1, 0.15) is 22.3 Å². The number of hydrogen-bond donors (Lipinski definition) is 0. The molecule has 3 nitrogen and oxygen atoms in total. The fourth-order valence-corrected chi connectivity index (χ4v) is 8.35. The molecule has 0 aliphatic carbocycles. The molecule has 9 aromatic carbocycles. The van der Waals surface area contributed by atoms with Gasteiger partial charge in [0.25, 0.3) is 0 Å². The van der Waals surface area contributed by atoms with Crippen LogP contribution in [0.25, 0.3) is 88.4 Å². The van der Waals surface area contributed by atoms with Crippen molar-refractivity contribution in [1.82, 2.24) is 0 Å². The van der Waals surface area contributed by atoms with Gasteiger partial charge in [-0.25, -0.2) is 0 Å². The fourth-order valence-electron chi connectivity index (χ4n) is 8.35. The molecular formula is C54H35NO2. The molecule has 3 heteroatoms. The van der Waals surface area contributed by atoms with Crippen LogP contribution < -0.4 is 4.90 Å². The predicted molar refractivity (Wildman–Crippen MR) is 237 cm³/mol. The van der Waals surface area contributed by atoms with Gasteiger partial charge in [-0.1, -0.05) is 152 Å². The van der Waals surface area contributed by atoms with E-state index in [4.69, 9.17) is 8.83 Å².